The van der Waals surface area contributed by atoms with Gasteiger partial charge in [-0.3, -0.25) is 14.4 Å². The molecule has 2 heterocycles. The van der Waals surface area contributed by atoms with Crippen LogP contribution in [0.25, 0.3) is 0 Å². The maximum absolute atomic E-state index is 13.0. The van der Waals surface area contributed by atoms with E-state index in [-0.39, 0.29) is 55.2 Å². The summed E-state index contributed by atoms with van der Waals surface area (Å²) in [5.41, 5.74) is 0.972. The molecule has 27 heavy (non-hydrogen) atoms. The summed E-state index contributed by atoms with van der Waals surface area (Å²) in [6.45, 7) is 0.622. The number of carboxylic acid groups (broad SMARTS) is 1. The van der Waals surface area contributed by atoms with Crippen molar-refractivity contribution in [3.63, 3.8) is 0 Å². The number of hydrazone groups is 1. The van der Waals surface area contributed by atoms with Crippen LogP contribution < -0.4 is 0 Å². The zero-order valence-electron chi connectivity index (χ0n) is 14.6. The number of thioether (sulfide) groups is 1. The number of nitrogens with zero attached hydrogens (tertiary/aromatic N) is 3. The number of amides is 2. The first-order valence-electron chi connectivity index (χ1n) is 8.67. The molecule has 3 rings (SSSR count). The summed E-state index contributed by atoms with van der Waals surface area (Å²) in [5.74, 6) is -0.503. The van der Waals surface area contributed by atoms with Gasteiger partial charge >= 0.3 is 5.97 Å². The highest BCUT2D eigenvalue weighted by atomic mass is 32.2. The SMILES string of the molecule is O=C(O)CC1CSCCN1C(=O)C1=NN(Cc2ccc(F)cc2)C(=O)CC1. The molecule has 9 heteroatoms. The molecule has 1 fully saturated rings. The molecule has 1 unspecified atom stereocenters. The van der Waals surface area contributed by atoms with Gasteiger partial charge in [0.2, 0.25) is 5.91 Å². The predicted octanol–water partition coefficient (Wildman–Crippen LogP) is 1.72. The molecule has 2 amide bonds. The van der Waals surface area contributed by atoms with Gasteiger partial charge in [-0.25, -0.2) is 9.40 Å². The van der Waals surface area contributed by atoms with E-state index < -0.39 is 5.97 Å². The topological polar surface area (TPSA) is 90.3 Å². The summed E-state index contributed by atoms with van der Waals surface area (Å²) in [6.07, 6.45) is 0.295. The quantitative estimate of drug-likeness (QED) is 0.823. The summed E-state index contributed by atoms with van der Waals surface area (Å²) in [5, 5.41) is 14.5. The summed E-state index contributed by atoms with van der Waals surface area (Å²) < 4.78 is 13.0. The van der Waals surface area contributed by atoms with Gasteiger partial charge in [0.05, 0.1) is 19.0 Å². The fraction of sp³-hybridized carbons (Fsp3) is 0.444. The lowest BCUT2D eigenvalue weighted by Crippen LogP contribution is -2.50. The first kappa shape index (κ1) is 19.3. The van der Waals surface area contributed by atoms with Gasteiger partial charge in [0.15, 0.2) is 0 Å². The van der Waals surface area contributed by atoms with Gasteiger partial charge in [-0.2, -0.15) is 16.9 Å². The second kappa shape index (κ2) is 8.51. The van der Waals surface area contributed by atoms with E-state index in [1.807, 2.05) is 0 Å². The second-order valence-corrected chi connectivity index (χ2v) is 7.60. The normalized spacial score (nSPS) is 20.4. The van der Waals surface area contributed by atoms with Gasteiger partial charge in [-0.05, 0) is 17.7 Å². The van der Waals surface area contributed by atoms with Crippen LogP contribution >= 0.6 is 11.8 Å². The van der Waals surface area contributed by atoms with E-state index in [1.165, 1.54) is 17.1 Å². The Kier molecular flexibility index (Phi) is 6.10. The largest absolute Gasteiger partial charge is 0.481 e. The Morgan fingerprint density at radius 1 is 1.26 bits per heavy atom. The molecule has 1 N–H and O–H groups in total. The second-order valence-electron chi connectivity index (χ2n) is 6.45. The summed E-state index contributed by atoms with van der Waals surface area (Å²) in [7, 11) is 0. The van der Waals surface area contributed by atoms with Crippen molar-refractivity contribution < 1.29 is 23.9 Å². The van der Waals surface area contributed by atoms with Crippen LogP contribution in [0.5, 0.6) is 0 Å². The molecule has 7 nitrogen and oxygen atoms in total. The van der Waals surface area contributed by atoms with Crippen molar-refractivity contribution in [3.05, 3.63) is 35.6 Å². The number of hydrogen-bond donors (Lipinski definition) is 1. The monoisotopic (exact) mass is 393 g/mol. The number of rotatable bonds is 5. The lowest BCUT2D eigenvalue weighted by molar-refractivity contribution is -0.139. The Bertz CT molecular complexity index is 768. The minimum Gasteiger partial charge on any atom is -0.481 e. The molecular formula is C18H20FN3O4S. The van der Waals surface area contributed by atoms with Crippen LogP contribution in [0.4, 0.5) is 4.39 Å². The van der Waals surface area contributed by atoms with Crippen LogP contribution in [0, 0.1) is 5.82 Å². The average molecular weight is 393 g/mol. The molecule has 2 aliphatic rings. The van der Waals surface area contributed by atoms with Crippen molar-refractivity contribution in [2.75, 3.05) is 18.1 Å². The molecular weight excluding hydrogens is 373 g/mol. The molecule has 0 radical (unpaired) electrons. The Hall–Kier alpha value is -2.42. The number of carbonyl (C=O) groups excluding carboxylic acids is 2. The molecule has 0 aliphatic carbocycles. The third-order valence-corrected chi connectivity index (χ3v) is 5.59. The Morgan fingerprint density at radius 2 is 2.00 bits per heavy atom. The number of hydrogen-bond acceptors (Lipinski definition) is 5. The Labute approximate surface area is 160 Å². The van der Waals surface area contributed by atoms with Gasteiger partial charge < -0.3 is 10.0 Å². The van der Waals surface area contributed by atoms with Gasteiger partial charge in [0.1, 0.15) is 11.5 Å². The third kappa shape index (κ3) is 4.85. The fourth-order valence-electron chi connectivity index (χ4n) is 3.10. The molecule has 1 atom stereocenters. The van der Waals surface area contributed by atoms with E-state index in [2.05, 4.69) is 5.10 Å². The molecule has 0 saturated carbocycles. The molecule has 0 bridgehead atoms. The first-order chi connectivity index (χ1) is 12.9. The number of carboxylic acids is 1. The van der Waals surface area contributed by atoms with Gasteiger partial charge in [0.25, 0.3) is 5.91 Å². The molecule has 144 valence electrons. The molecule has 1 saturated heterocycles. The number of halogens is 1. The van der Waals surface area contributed by atoms with E-state index in [4.69, 9.17) is 5.11 Å². The van der Waals surface area contributed by atoms with Crippen molar-refractivity contribution in [3.8, 4) is 0 Å². The van der Waals surface area contributed by atoms with E-state index in [1.54, 1.807) is 28.8 Å². The molecule has 1 aromatic carbocycles. The number of benzene rings is 1. The molecule has 0 aromatic heterocycles. The van der Waals surface area contributed by atoms with Crippen LogP contribution in [0.15, 0.2) is 29.4 Å². The maximum atomic E-state index is 13.0. The predicted molar refractivity (Wildman–Crippen MR) is 98.7 cm³/mol. The lowest BCUT2D eigenvalue weighted by atomic mass is 10.1. The summed E-state index contributed by atoms with van der Waals surface area (Å²) in [6, 6.07) is 5.38. The van der Waals surface area contributed by atoms with E-state index >= 15 is 0 Å². The number of aliphatic carboxylic acids is 1. The van der Waals surface area contributed by atoms with Crippen molar-refractivity contribution in [2.24, 2.45) is 5.10 Å². The minimum atomic E-state index is -0.945. The zero-order valence-corrected chi connectivity index (χ0v) is 15.5. The van der Waals surface area contributed by atoms with Crippen LogP contribution in [0.3, 0.4) is 0 Å². The molecule has 2 aliphatic heterocycles. The fourth-order valence-corrected chi connectivity index (χ4v) is 4.16. The van der Waals surface area contributed by atoms with Crippen LogP contribution in [-0.4, -0.2) is 62.6 Å². The highest BCUT2D eigenvalue weighted by Crippen LogP contribution is 2.22. The highest BCUT2D eigenvalue weighted by Gasteiger charge is 2.33. The van der Waals surface area contributed by atoms with E-state index in [0.717, 1.165) is 5.75 Å². The van der Waals surface area contributed by atoms with Crippen molar-refractivity contribution in [1.82, 2.24) is 9.91 Å². The third-order valence-electron chi connectivity index (χ3n) is 4.50. The van der Waals surface area contributed by atoms with Crippen molar-refractivity contribution in [2.45, 2.75) is 31.8 Å². The Morgan fingerprint density at radius 3 is 2.70 bits per heavy atom. The summed E-state index contributed by atoms with van der Waals surface area (Å²) >= 11 is 1.62. The summed E-state index contributed by atoms with van der Waals surface area (Å²) in [4.78, 5) is 37.7. The van der Waals surface area contributed by atoms with Crippen LogP contribution in [0.1, 0.15) is 24.8 Å². The average Bonchev–Trinajstić information content (AvgIpc) is 2.65. The van der Waals surface area contributed by atoms with E-state index in [0.29, 0.717) is 17.9 Å². The number of carbonyl (C=O) groups is 3. The van der Waals surface area contributed by atoms with E-state index in [9.17, 15) is 18.8 Å². The smallest absolute Gasteiger partial charge is 0.305 e. The lowest BCUT2D eigenvalue weighted by Gasteiger charge is -2.35. The first-order valence-corrected chi connectivity index (χ1v) is 9.82. The van der Waals surface area contributed by atoms with Crippen LogP contribution in [0.2, 0.25) is 0 Å². The van der Waals surface area contributed by atoms with Crippen LogP contribution in [-0.2, 0) is 20.9 Å². The maximum Gasteiger partial charge on any atom is 0.305 e. The van der Waals surface area contributed by atoms with Gasteiger partial charge in [-0.1, -0.05) is 12.1 Å². The van der Waals surface area contributed by atoms with Crippen molar-refractivity contribution in [1.29, 1.82) is 0 Å². The molecule has 1 aromatic rings. The standard InChI is InChI=1S/C18H20FN3O4S/c19-13-3-1-12(2-4-13)10-22-16(23)6-5-15(20-22)18(26)21-7-8-27-11-14(21)9-17(24)25/h1-4,14H,5-11H2,(H,24,25). The van der Waals surface area contributed by atoms with Gasteiger partial charge in [0, 0.05) is 30.9 Å². The zero-order chi connectivity index (χ0) is 19.4. The van der Waals surface area contributed by atoms with Gasteiger partial charge in [-0.15, -0.1) is 0 Å². The minimum absolute atomic E-state index is 0.107. The highest BCUT2D eigenvalue weighted by molar-refractivity contribution is 7.99. The molecule has 0 spiro atoms. The Balaban J connectivity index is 1.75. The van der Waals surface area contributed by atoms with Crippen molar-refractivity contribution >= 4 is 35.3 Å².